The van der Waals surface area contributed by atoms with E-state index < -0.39 is 41.2 Å². The number of aliphatic hydroxyl groups excluding tert-OH is 1. The number of nitrogens with one attached hydrogen (secondary N) is 2. The largest absolute Gasteiger partial charge is 0.392 e. The summed E-state index contributed by atoms with van der Waals surface area (Å²) >= 11 is 0. The Labute approximate surface area is 197 Å². The average Bonchev–Trinajstić information content (AvgIpc) is 3.43. The van der Waals surface area contributed by atoms with Crippen LogP contribution in [0, 0.1) is 11.2 Å². The lowest BCUT2D eigenvalue weighted by molar-refractivity contribution is -0.153. The first-order valence-corrected chi connectivity index (χ1v) is 11.1. The van der Waals surface area contributed by atoms with E-state index in [1.165, 1.54) is 17.1 Å². The number of carbonyl (C=O) groups excluding carboxylic acids is 3. The molecule has 2 aromatic heterocycles. The maximum absolute atomic E-state index is 16.0. The summed E-state index contributed by atoms with van der Waals surface area (Å²) in [7, 11) is 0. The van der Waals surface area contributed by atoms with Gasteiger partial charge in [0, 0.05) is 24.7 Å². The van der Waals surface area contributed by atoms with Gasteiger partial charge < -0.3 is 19.3 Å². The summed E-state index contributed by atoms with van der Waals surface area (Å²) in [6, 6.07) is -0.145. The number of ether oxygens (including phenoxy) is 1. The number of halogens is 1. The number of fused-ring (bicyclic) bond motifs is 5. The molecule has 5 heterocycles. The van der Waals surface area contributed by atoms with Gasteiger partial charge in [-0.15, -0.1) is 0 Å². The molecule has 3 aliphatic rings. The number of barbiturate groups is 1. The second kappa shape index (κ2) is 7.33. The van der Waals surface area contributed by atoms with E-state index in [0.717, 1.165) is 0 Å². The Kier molecular flexibility index (Phi) is 4.54. The third kappa shape index (κ3) is 2.88. The summed E-state index contributed by atoms with van der Waals surface area (Å²) in [5.74, 6) is -2.01. The Hall–Kier alpha value is -3.84. The van der Waals surface area contributed by atoms with Crippen molar-refractivity contribution in [1.29, 1.82) is 0 Å². The van der Waals surface area contributed by atoms with Crippen LogP contribution in [-0.2, 0) is 27.4 Å². The molecule has 0 radical (unpaired) electrons. The number of nitrogens with zero attached hydrogens (tertiary/aromatic N) is 4. The zero-order valence-electron chi connectivity index (χ0n) is 18.7. The summed E-state index contributed by atoms with van der Waals surface area (Å²) in [5, 5.41) is 22.2. The Morgan fingerprint density at radius 2 is 2.00 bits per heavy atom. The predicted octanol–water partition coefficient (Wildman–Crippen LogP) is 0.536. The van der Waals surface area contributed by atoms with Crippen LogP contribution in [0.5, 0.6) is 0 Å². The van der Waals surface area contributed by atoms with Crippen molar-refractivity contribution in [2.24, 2.45) is 5.41 Å². The fourth-order valence-electron chi connectivity index (χ4n) is 5.66. The molecule has 3 aliphatic heterocycles. The lowest BCUT2D eigenvalue weighted by Crippen LogP contribution is -2.75. The van der Waals surface area contributed by atoms with Crippen LogP contribution in [-0.4, -0.2) is 62.7 Å². The SMILES string of the molecule is C[C@@H]1CN2c3c(cc4c(-n5cc(CO)cn5)noc4c3F)CC3(C(=O)NC(=O)NC3=O)[C@H]2[C@H](C)O1. The predicted molar refractivity (Wildman–Crippen MR) is 116 cm³/mol. The summed E-state index contributed by atoms with van der Waals surface area (Å²) < 4.78 is 28.7. The molecule has 3 N–H and O–H groups in total. The molecule has 0 aliphatic carbocycles. The first-order chi connectivity index (χ1) is 16.7. The number of hydrogen-bond acceptors (Lipinski definition) is 9. The van der Waals surface area contributed by atoms with Crippen LogP contribution in [0.25, 0.3) is 16.8 Å². The van der Waals surface area contributed by atoms with E-state index in [1.54, 1.807) is 17.9 Å². The topological polar surface area (TPSA) is 152 Å². The average molecular weight is 484 g/mol. The molecule has 2 saturated heterocycles. The van der Waals surface area contributed by atoms with E-state index in [-0.39, 0.29) is 48.2 Å². The van der Waals surface area contributed by atoms with Crippen LogP contribution in [0.2, 0.25) is 0 Å². The normalized spacial score (nSPS) is 25.4. The fraction of sp³-hybridized carbons (Fsp3) is 0.409. The van der Waals surface area contributed by atoms with Crippen molar-refractivity contribution < 1.29 is 33.1 Å². The minimum Gasteiger partial charge on any atom is -0.392 e. The molecule has 3 aromatic rings. The zero-order valence-corrected chi connectivity index (χ0v) is 18.7. The van der Waals surface area contributed by atoms with E-state index in [1.807, 2.05) is 6.92 Å². The maximum Gasteiger partial charge on any atom is 0.328 e. The van der Waals surface area contributed by atoms with Gasteiger partial charge >= 0.3 is 6.03 Å². The highest BCUT2D eigenvalue weighted by atomic mass is 19.1. The van der Waals surface area contributed by atoms with Gasteiger partial charge in [0.2, 0.25) is 23.2 Å². The van der Waals surface area contributed by atoms with Gasteiger partial charge in [-0.1, -0.05) is 5.16 Å². The smallest absolute Gasteiger partial charge is 0.328 e. The molecule has 2 fully saturated rings. The molecule has 182 valence electrons. The summed E-state index contributed by atoms with van der Waals surface area (Å²) in [5.41, 5.74) is -0.724. The summed E-state index contributed by atoms with van der Waals surface area (Å²) in [6.07, 6.45) is 1.86. The number of hydrogen-bond donors (Lipinski definition) is 3. The molecule has 0 unspecified atom stereocenters. The third-order valence-electron chi connectivity index (χ3n) is 6.98. The van der Waals surface area contributed by atoms with Crippen molar-refractivity contribution in [2.75, 3.05) is 11.4 Å². The van der Waals surface area contributed by atoms with Crippen molar-refractivity contribution in [2.45, 2.75) is 45.1 Å². The van der Waals surface area contributed by atoms with E-state index in [2.05, 4.69) is 20.9 Å². The molecule has 0 saturated carbocycles. The maximum atomic E-state index is 16.0. The number of rotatable bonds is 2. The Bertz CT molecular complexity index is 1390. The molecular formula is C22H21FN6O6. The Morgan fingerprint density at radius 1 is 1.26 bits per heavy atom. The number of morpholine rings is 1. The summed E-state index contributed by atoms with van der Waals surface area (Å²) in [6.45, 7) is 3.51. The van der Waals surface area contributed by atoms with Gasteiger partial charge in [-0.2, -0.15) is 5.10 Å². The third-order valence-corrected chi connectivity index (χ3v) is 6.98. The highest BCUT2D eigenvalue weighted by Crippen LogP contribution is 2.49. The standard InChI is InChI=1S/C22H21FN6O6/c1-9-6-28-15-12(4-22(17(28)10(2)34-9)19(31)25-21(33)26-20(22)32)3-13-16(14(15)23)35-27-18(13)29-7-11(8-30)5-24-29/h3,5,7,9-10,17,30H,4,6,8H2,1-2H3,(H2,25,26,31,32,33)/t9-,10+,17-/m1/s1. The molecule has 13 heteroatoms. The quantitative estimate of drug-likeness (QED) is 0.443. The number of carbonyl (C=O) groups is 3. The monoisotopic (exact) mass is 484 g/mol. The minimum atomic E-state index is -1.73. The van der Waals surface area contributed by atoms with Crippen LogP contribution < -0.4 is 15.5 Å². The van der Waals surface area contributed by atoms with Gasteiger partial charge in [-0.3, -0.25) is 20.2 Å². The molecular weight excluding hydrogens is 463 g/mol. The number of imide groups is 2. The summed E-state index contributed by atoms with van der Waals surface area (Å²) in [4.78, 5) is 40.1. The molecule has 1 aromatic carbocycles. The minimum absolute atomic E-state index is 0.103. The van der Waals surface area contributed by atoms with Crippen LogP contribution in [0.4, 0.5) is 14.9 Å². The molecule has 0 bridgehead atoms. The number of anilines is 1. The molecule has 12 nitrogen and oxygen atoms in total. The first-order valence-electron chi connectivity index (χ1n) is 11.1. The van der Waals surface area contributed by atoms with E-state index >= 15 is 4.39 Å². The van der Waals surface area contributed by atoms with Crippen LogP contribution >= 0.6 is 0 Å². The lowest BCUT2D eigenvalue weighted by atomic mass is 9.66. The van der Waals surface area contributed by atoms with Gasteiger partial charge in [0.05, 0.1) is 42.1 Å². The van der Waals surface area contributed by atoms with Crippen molar-refractivity contribution >= 4 is 34.5 Å². The Balaban J connectivity index is 1.59. The fourth-order valence-corrected chi connectivity index (χ4v) is 5.66. The highest BCUT2D eigenvalue weighted by Gasteiger charge is 2.63. The van der Waals surface area contributed by atoms with Crippen molar-refractivity contribution in [3.05, 3.63) is 35.4 Å². The second-order valence-corrected chi connectivity index (χ2v) is 9.17. The first kappa shape index (κ1) is 21.7. The van der Waals surface area contributed by atoms with E-state index in [9.17, 15) is 19.5 Å². The van der Waals surface area contributed by atoms with Gasteiger partial charge in [-0.25, -0.2) is 13.9 Å². The number of benzene rings is 1. The molecule has 35 heavy (non-hydrogen) atoms. The molecule has 4 amide bonds. The number of urea groups is 1. The zero-order chi connectivity index (χ0) is 24.6. The van der Waals surface area contributed by atoms with Crippen molar-refractivity contribution in [3.8, 4) is 5.82 Å². The number of aromatic nitrogens is 3. The molecule has 6 rings (SSSR count). The van der Waals surface area contributed by atoms with Gasteiger partial charge in [-0.05, 0) is 25.5 Å². The van der Waals surface area contributed by atoms with Gasteiger partial charge in [0.15, 0.2) is 11.2 Å². The highest BCUT2D eigenvalue weighted by molar-refractivity contribution is 6.20. The van der Waals surface area contributed by atoms with E-state index in [0.29, 0.717) is 11.1 Å². The Morgan fingerprint density at radius 3 is 2.69 bits per heavy atom. The lowest BCUT2D eigenvalue weighted by Gasteiger charge is -2.55. The second-order valence-electron chi connectivity index (χ2n) is 9.17. The number of amides is 4. The van der Waals surface area contributed by atoms with Crippen LogP contribution in [0.15, 0.2) is 23.0 Å². The van der Waals surface area contributed by atoms with E-state index in [4.69, 9.17) is 9.26 Å². The van der Waals surface area contributed by atoms with Gasteiger partial charge in [0.25, 0.3) is 0 Å². The van der Waals surface area contributed by atoms with Crippen LogP contribution in [0.1, 0.15) is 25.0 Å². The van der Waals surface area contributed by atoms with Crippen molar-refractivity contribution in [1.82, 2.24) is 25.6 Å². The molecule has 3 atom stereocenters. The molecule has 1 spiro atoms. The van der Waals surface area contributed by atoms with Crippen molar-refractivity contribution in [3.63, 3.8) is 0 Å². The number of aliphatic hydroxyl groups is 1. The van der Waals surface area contributed by atoms with Crippen LogP contribution in [0.3, 0.4) is 0 Å². The van der Waals surface area contributed by atoms with Gasteiger partial charge in [0.1, 0.15) is 0 Å².